The number of benzene rings is 2. The first-order chi connectivity index (χ1) is 12.5. The van der Waals surface area contributed by atoms with Gasteiger partial charge in [0.2, 0.25) is 0 Å². The Balaban J connectivity index is 1.89. The molecule has 8 heteroatoms. The van der Waals surface area contributed by atoms with Crippen LogP contribution in [0.5, 0.6) is 17.2 Å². The maximum absolute atomic E-state index is 11.8. The lowest BCUT2D eigenvalue weighted by Gasteiger charge is -2.06. The highest BCUT2D eigenvalue weighted by molar-refractivity contribution is 6.39. The van der Waals surface area contributed by atoms with E-state index in [2.05, 4.69) is 15.8 Å². The van der Waals surface area contributed by atoms with Crippen molar-refractivity contribution in [2.45, 2.75) is 6.92 Å². The van der Waals surface area contributed by atoms with Crippen molar-refractivity contribution in [2.24, 2.45) is 5.10 Å². The van der Waals surface area contributed by atoms with Gasteiger partial charge in [-0.2, -0.15) is 5.10 Å². The zero-order valence-electron chi connectivity index (χ0n) is 14.4. The number of aromatic hydroxyl groups is 1. The fourth-order valence-corrected chi connectivity index (χ4v) is 1.98. The number of carbonyl (C=O) groups excluding carboxylic acids is 2. The predicted molar refractivity (Wildman–Crippen MR) is 96.6 cm³/mol. The van der Waals surface area contributed by atoms with E-state index < -0.39 is 11.8 Å². The fourth-order valence-electron chi connectivity index (χ4n) is 1.98. The molecule has 0 aliphatic rings. The first-order valence-corrected chi connectivity index (χ1v) is 7.77. The lowest BCUT2D eigenvalue weighted by atomic mass is 10.2. The molecular formula is C18H19N3O5. The van der Waals surface area contributed by atoms with Gasteiger partial charge in [-0.05, 0) is 55.0 Å². The molecule has 136 valence electrons. The first kappa shape index (κ1) is 18.8. The van der Waals surface area contributed by atoms with E-state index in [1.54, 1.807) is 30.3 Å². The molecular weight excluding hydrogens is 338 g/mol. The molecule has 0 aliphatic carbocycles. The van der Waals surface area contributed by atoms with Crippen molar-refractivity contribution in [1.82, 2.24) is 5.43 Å². The summed E-state index contributed by atoms with van der Waals surface area (Å²) in [6.07, 6.45) is 1.32. The quantitative estimate of drug-likeness (QED) is 0.415. The molecule has 0 atom stereocenters. The van der Waals surface area contributed by atoms with Crippen LogP contribution in [0.2, 0.25) is 0 Å². The zero-order chi connectivity index (χ0) is 18.9. The van der Waals surface area contributed by atoms with Gasteiger partial charge in [-0.1, -0.05) is 0 Å². The highest BCUT2D eigenvalue weighted by Gasteiger charge is 2.12. The molecule has 2 aromatic rings. The van der Waals surface area contributed by atoms with Gasteiger partial charge in [-0.15, -0.1) is 0 Å². The Bertz CT molecular complexity index is 803. The van der Waals surface area contributed by atoms with Crippen molar-refractivity contribution in [2.75, 3.05) is 19.0 Å². The average Bonchev–Trinajstić information content (AvgIpc) is 2.64. The minimum absolute atomic E-state index is 0.0107. The van der Waals surface area contributed by atoms with Gasteiger partial charge < -0.3 is 19.9 Å². The molecule has 2 aromatic carbocycles. The van der Waals surface area contributed by atoms with Crippen LogP contribution in [0.3, 0.4) is 0 Å². The van der Waals surface area contributed by atoms with Crippen molar-refractivity contribution in [1.29, 1.82) is 0 Å². The Morgan fingerprint density at radius 2 is 1.88 bits per heavy atom. The molecule has 0 aromatic heterocycles. The van der Waals surface area contributed by atoms with Gasteiger partial charge in [0.25, 0.3) is 0 Å². The number of hydrazone groups is 1. The lowest BCUT2D eigenvalue weighted by molar-refractivity contribution is -0.136. The topological polar surface area (TPSA) is 109 Å². The molecule has 0 spiro atoms. The number of methoxy groups -OCH3 is 1. The predicted octanol–water partition coefficient (Wildman–Crippen LogP) is 1.89. The summed E-state index contributed by atoms with van der Waals surface area (Å²) in [6.45, 7) is 2.41. The van der Waals surface area contributed by atoms with E-state index in [0.29, 0.717) is 23.6 Å². The van der Waals surface area contributed by atoms with Crippen molar-refractivity contribution in [3.63, 3.8) is 0 Å². The van der Waals surface area contributed by atoms with Crippen LogP contribution in [0.25, 0.3) is 0 Å². The molecule has 0 unspecified atom stereocenters. The second kappa shape index (κ2) is 9.07. The van der Waals surface area contributed by atoms with Crippen molar-refractivity contribution in [3.8, 4) is 17.2 Å². The molecule has 0 fully saturated rings. The third kappa shape index (κ3) is 5.23. The summed E-state index contributed by atoms with van der Waals surface area (Å²) in [5.74, 6) is -0.837. The highest BCUT2D eigenvalue weighted by atomic mass is 16.5. The highest BCUT2D eigenvalue weighted by Crippen LogP contribution is 2.25. The minimum Gasteiger partial charge on any atom is -0.504 e. The molecule has 26 heavy (non-hydrogen) atoms. The summed E-state index contributed by atoms with van der Waals surface area (Å²) in [4.78, 5) is 23.6. The maximum Gasteiger partial charge on any atom is 0.329 e. The largest absolute Gasteiger partial charge is 0.504 e. The number of rotatable bonds is 6. The van der Waals surface area contributed by atoms with Crippen LogP contribution in [0.4, 0.5) is 5.69 Å². The summed E-state index contributed by atoms with van der Waals surface area (Å²) >= 11 is 0. The number of hydrogen-bond donors (Lipinski definition) is 3. The lowest BCUT2D eigenvalue weighted by Crippen LogP contribution is -2.32. The van der Waals surface area contributed by atoms with Gasteiger partial charge in [0.1, 0.15) is 5.75 Å². The average molecular weight is 357 g/mol. The number of ether oxygens (including phenoxy) is 2. The summed E-state index contributed by atoms with van der Waals surface area (Å²) in [5.41, 5.74) is 3.16. The first-order valence-electron chi connectivity index (χ1n) is 7.77. The Hall–Kier alpha value is -3.55. The molecule has 3 N–H and O–H groups in total. The number of hydrogen-bond acceptors (Lipinski definition) is 6. The third-order valence-electron chi connectivity index (χ3n) is 3.21. The van der Waals surface area contributed by atoms with E-state index >= 15 is 0 Å². The number of amides is 2. The Labute approximate surface area is 150 Å². The van der Waals surface area contributed by atoms with Crippen molar-refractivity contribution >= 4 is 23.7 Å². The Kier molecular flexibility index (Phi) is 6.55. The molecule has 8 nitrogen and oxygen atoms in total. The summed E-state index contributed by atoms with van der Waals surface area (Å²) in [6, 6.07) is 11.2. The third-order valence-corrected chi connectivity index (χ3v) is 3.21. The summed E-state index contributed by atoms with van der Waals surface area (Å²) in [7, 11) is 1.42. The van der Waals surface area contributed by atoms with Crippen LogP contribution < -0.4 is 20.2 Å². The van der Waals surface area contributed by atoms with E-state index in [1.165, 1.54) is 25.5 Å². The summed E-state index contributed by atoms with van der Waals surface area (Å²) < 4.78 is 10.3. The van der Waals surface area contributed by atoms with Crippen LogP contribution in [0.15, 0.2) is 47.6 Å². The van der Waals surface area contributed by atoms with Gasteiger partial charge in [-0.3, -0.25) is 9.59 Å². The van der Waals surface area contributed by atoms with Crippen molar-refractivity contribution < 1.29 is 24.2 Å². The second-order valence-electron chi connectivity index (χ2n) is 5.04. The SMILES string of the molecule is CCOc1ccc(NC(=O)C(=O)NN=Cc2ccc(O)c(OC)c2)cc1. The molecule has 0 saturated heterocycles. The van der Waals surface area contributed by atoms with Crippen LogP contribution >= 0.6 is 0 Å². The van der Waals surface area contributed by atoms with Gasteiger partial charge in [-0.25, -0.2) is 5.43 Å². The van der Waals surface area contributed by atoms with Crippen LogP contribution in [0, 0.1) is 0 Å². The number of phenols is 1. The number of nitrogens with zero attached hydrogens (tertiary/aromatic N) is 1. The van der Waals surface area contributed by atoms with Gasteiger partial charge in [0.15, 0.2) is 11.5 Å². The van der Waals surface area contributed by atoms with E-state index in [9.17, 15) is 14.7 Å². The van der Waals surface area contributed by atoms with Gasteiger partial charge >= 0.3 is 11.8 Å². The number of carbonyl (C=O) groups is 2. The maximum atomic E-state index is 11.8. The standard InChI is InChI=1S/C18H19N3O5/c1-3-26-14-7-5-13(6-8-14)20-17(23)18(24)21-19-11-12-4-9-15(22)16(10-12)25-2/h4-11,22H,3H2,1-2H3,(H,20,23)(H,21,24). The normalized spacial score (nSPS) is 10.4. The Morgan fingerprint density at radius 1 is 1.15 bits per heavy atom. The number of phenolic OH excluding ortho intramolecular Hbond substituents is 1. The van der Waals surface area contributed by atoms with E-state index in [1.807, 2.05) is 6.92 Å². The van der Waals surface area contributed by atoms with E-state index in [0.717, 1.165) is 0 Å². The van der Waals surface area contributed by atoms with E-state index in [-0.39, 0.29) is 11.5 Å². The number of anilines is 1. The van der Waals surface area contributed by atoms with Gasteiger partial charge in [0.05, 0.1) is 19.9 Å². The smallest absolute Gasteiger partial charge is 0.329 e. The molecule has 0 aliphatic heterocycles. The molecule has 0 radical (unpaired) electrons. The Morgan fingerprint density at radius 3 is 2.54 bits per heavy atom. The van der Waals surface area contributed by atoms with Crippen LogP contribution in [-0.4, -0.2) is 36.9 Å². The molecule has 2 rings (SSSR count). The minimum atomic E-state index is -0.916. The fraction of sp³-hybridized carbons (Fsp3) is 0.167. The molecule has 0 saturated carbocycles. The van der Waals surface area contributed by atoms with Gasteiger partial charge in [0, 0.05) is 5.69 Å². The van der Waals surface area contributed by atoms with Crippen LogP contribution in [-0.2, 0) is 9.59 Å². The second-order valence-corrected chi connectivity index (χ2v) is 5.04. The zero-order valence-corrected chi connectivity index (χ0v) is 14.4. The monoisotopic (exact) mass is 357 g/mol. The summed E-state index contributed by atoms with van der Waals surface area (Å²) in [5, 5.41) is 15.7. The molecule has 0 bridgehead atoms. The van der Waals surface area contributed by atoms with Crippen LogP contribution in [0.1, 0.15) is 12.5 Å². The van der Waals surface area contributed by atoms with E-state index in [4.69, 9.17) is 9.47 Å². The number of nitrogens with one attached hydrogen (secondary N) is 2. The molecule has 0 heterocycles. The van der Waals surface area contributed by atoms with Crippen molar-refractivity contribution in [3.05, 3.63) is 48.0 Å². The molecule has 2 amide bonds.